The van der Waals surface area contributed by atoms with Crippen molar-refractivity contribution in [2.45, 2.75) is 25.7 Å². The Morgan fingerprint density at radius 2 is 1.89 bits per heavy atom. The molecule has 1 fully saturated rings. The molecule has 4 heteroatoms. The van der Waals surface area contributed by atoms with E-state index in [-0.39, 0.29) is 5.91 Å². The maximum atomic E-state index is 11.8. The highest BCUT2D eigenvalue weighted by Crippen LogP contribution is 2.11. The third kappa shape index (κ3) is 4.65. The highest BCUT2D eigenvalue weighted by atomic mass is 16.1. The molecule has 1 amide bonds. The Hall–Kier alpha value is -1.39. The van der Waals surface area contributed by atoms with Crippen LogP contribution < -0.4 is 11.1 Å². The molecule has 0 unspecified atom stereocenters. The molecule has 0 saturated carbocycles. The summed E-state index contributed by atoms with van der Waals surface area (Å²) < 4.78 is 0. The minimum atomic E-state index is 0.0958. The van der Waals surface area contributed by atoms with Crippen LogP contribution in [0.4, 0.5) is 5.69 Å². The second-order valence-corrected chi connectivity index (χ2v) is 5.08. The van der Waals surface area contributed by atoms with Crippen molar-refractivity contribution in [3.8, 4) is 0 Å². The number of nitrogens with two attached hydrogens (primary N) is 1. The zero-order valence-electron chi connectivity index (χ0n) is 11.4. The fraction of sp³-hybridized carbons (Fsp3) is 0.533. The second kappa shape index (κ2) is 7.26. The topological polar surface area (TPSA) is 58.4 Å². The molecule has 0 aliphatic carbocycles. The normalized spacial score (nSPS) is 15.6. The lowest BCUT2D eigenvalue weighted by Crippen LogP contribution is -2.25. The van der Waals surface area contributed by atoms with Gasteiger partial charge >= 0.3 is 0 Å². The predicted octanol–water partition coefficient (Wildman–Crippen LogP) is 1.61. The largest absolute Gasteiger partial charge is 0.330 e. The molecule has 19 heavy (non-hydrogen) atoms. The molecule has 0 atom stereocenters. The van der Waals surface area contributed by atoms with Crippen LogP contribution >= 0.6 is 0 Å². The van der Waals surface area contributed by atoms with Crippen molar-refractivity contribution in [1.29, 1.82) is 0 Å². The molecule has 104 valence electrons. The number of benzene rings is 1. The summed E-state index contributed by atoms with van der Waals surface area (Å²) in [5, 5.41) is 2.94. The molecule has 1 aromatic carbocycles. The van der Waals surface area contributed by atoms with Gasteiger partial charge in [-0.05, 0) is 56.6 Å². The van der Waals surface area contributed by atoms with E-state index in [0.29, 0.717) is 13.0 Å². The van der Waals surface area contributed by atoms with Gasteiger partial charge in [-0.15, -0.1) is 0 Å². The molecular formula is C15H23N3O. The lowest BCUT2D eigenvalue weighted by molar-refractivity contribution is -0.116. The number of nitrogens with one attached hydrogen (secondary N) is 1. The van der Waals surface area contributed by atoms with Gasteiger partial charge in [-0.1, -0.05) is 12.1 Å². The van der Waals surface area contributed by atoms with Crippen LogP contribution in [-0.4, -0.2) is 37.0 Å². The van der Waals surface area contributed by atoms with Crippen LogP contribution in [0.5, 0.6) is 0 Å². The molecule has 2 rings (SSSR count). The average molecular weight is 261 g/mol. The van der Waals surface area contributed by atoms with Crippen molar-refractivity contribution in [3.63, 3.8) is 0 Å². The van der Waals surface area contributed by atoms with E-state index in [2.05, 4.69) is 10.2 Å². The first kappa shape index (κ1) is 14.0. The first-order valence-electron chi connectivity index (χ1n) is 7.09. The summed E-state index contributed by atoms with van der Waals surface area (Å²) in [5.41, 5.74) is 7.58. The number of carbonyl (C=O) groups excluding carboxylic acids is 1. The molecule has 0 radical (unpaired) electrons. The standard InChI is InChI=1S/C15H23N3O/c16-9-7-13-3-5-14(6-4-13)17-15(19)8-12-18-10-1-2-11-18/h3-6H,1-2,7-12,16H2,(H,17,19). The van der Waals surface area contributed by atoms with Gasteiger partial charge in [0.25, 0.3) is 0 Å². The smallest absolute Gasteiger partial charge is 0.225 e. The first-order chi connectivity index (χ1) is 9.28. The van der Waals surface area contributed by atoms with E-state index in [4.69, 9.17) is 5.73 Å². The van der Waals surface area contributed by atoms with E-state index in [0.717, 1.165) is 31.7 Å². The first-order valence-corrected chi connectivity index (χ1v) is 7.09. The van der Waals surface area contributed by atoms with Crippen molar-refractivity contribution in [2.75, 3.05) is 31.5 Å². The summed E-state index contributed by atoms with van der Waals surface area (Å²) in [6.45, 7) is 3.81. The van der Waals surface area contributed by atoms with Gasteiger partial charge in [-0.2, -0.15) is 0 Å². The van der Waals surface area contributed by atoms with E-state index in [1.54, 1.807) is 0 Å². The number of hydrogen-bond acceptors (Lipinski definition) is 3. The third-order valence-electron chi connectivity index (χ3n) is 3.52. The molecule has 1 aromatic rings. The van der Waals surface area contributed by atoms with Crippen LogP contribution in [0.2, 0.25) is 0 Å². The maximum absolute atomic E-state index is 11.8. The van der Waals surface area contributed by atoms with Crippen LogP contribution in [0.15, 0.2) is 24.3 Å². The molecular weight excluding hydrogens is 238 g/mol. The number of amides is 1. The number of hydrogen-bond donors (Lipinski definition) is 2. The molecule has 3 N–H and O–H groups in total. The van der Waals surface area contributed by atoms with Crippen molar-refractivity contribution < 1.29 is 4.79 Å². The Morgan fingerprint density at radius 3 is 2.53 bits per heavy atom. The number of likely N-dealkylation sites (tertiary alicyclic amines) is 1. The van der Waals surface area contributed by atoms with Gasteiger partial charge in [0.05, 0.1) is 0 Å². The van der Waals surface area contributed by atoms with Gasteiger partial charge in [0, 0.05) is 18.7 Å². The minimum absolute atomic E-state index is 0.0958. The molecule has 4 nitrogen and oxygen atoms in total. The van der Waals surface area contributed by atoms with Gasteiger partial charge in [0.1, 0.15) is 0 Å². The summed E-state index contributed by atoms with van der Waals surface area (Å²) in [6.07, 6.45) is 3.99. The zero-order valence-corrected chi connectivity index (χ0v) is 11.4. The van der Waals surface area contributed by atoms with Crippen LogP contribution in [-0.2, 0) is 11.2 Å². The molecule has 0 bridgehead atoms. The SMILES string of the molecule is NCCc1ccc(NC(=O)CCN2CCCC2)cc1. The maximum Gasteiger partial charge on any atom is 0.225 e. The summed E-state index contributed by atoms with van der Waals surface area (Å²) in [4.78, 5) is 14.2. The predicted molar refractivity (Wildman–Crippen MR) is 78.1 cm³/mol. The van der Waals surface area contributed by atoms with E-state index in [9.17, 15) is 4.79 Å². The highest BCUT2D eigenvalue weighted by Gasteiger charge is 2.12. The molecule has 0 spiro atoms. The minimum Gasteiger partial charge on any atom is -0.330 e. The van der Waals surface area contributed by atoms with Gasteiger partial charge < -0.3 is 16.0 Å². The zero-order chi connectivity index (χ0) is 13.5. The van der Waals surface area contributed by atoms with Gasteiger partial charge in [0.2, 0.25) is 5.91 Å². The van der Waals surface area contributed by atoms with Crippen LogP contribution in [0.1, 0.15) is 24.8 Å². The van der Waals surface area contributed by atoms with E-state index < -0.39 is 0 Å². The second-order valence-electron chi connectivity index (χ2n) is 5.08. The van der Waals surface area contributed by atoms with Gasteiger partial charge in [-0.25, -0.2) is 0 Å². The Bertz CT molecular complexity index is 396. The van der Waals surface area contributed by atoms with Crippen molar-refractivity contribution in [3.05, 3.63) is 29.8 Å². The quantitative estimate of drug-likeness (QED) is 0.818. The van der Waals surface area contributed by atoms with Gasteiger partial charge in [0.15, 0.2) is 0 Å². The highest BCUT2D eigenvalue weighted by molar-refractivity contribution is 5.90. The van der Waals surface area contributed by atoms with Crippen molar-refractivity contribution >= 4 is 11.6 Å². The Labute approximate surface area is 115 Å². The van der Waals surface area contributed by atoms with Crippen molar-refractivity contribution in [1.82, 2.24) is 4.90 Å². The van der Waals surface area contributed by atoms with E-state index in [1.807, 2.05) is 24.3 Å². The Morgan fingerprint density at radius 1 is 1.21 bits per heavy atom. The molecule has 1 aliphatic heterocycles. The summed E-state index contributed by atoms with van der Waals surface area (Å²) in [7, 11) is 0. The fourth-order valence-corrected chi connectivity index (χ4v) is 2.41. The molecule has 1 heterocycles. The van der Waals surface area contributed by atoms with Crippen LogP contribution in [0.25, 0.3) is 0 Å². The van der Waals surface area contributed by atoms with Crippen molar-refractivity contribution in [2.24, 2.45) is 5.73 Å². The fourth-order valence-electron chi connectivity index (χ4n) is 2.41. The molecule has 0 aromatic heterocycles. The summed E-state index contributed by atoms with van der Waals surface area (Å²) in [5.74, 6) is 0.0958. The van der Waals surface area contributed by atoms with Crippen LogP contribution in [0, 0.1) is 0 Å². The third-order valence-corrected chi connectivity index (χ3v) is 3.52. The Balaban J connectivity index is 1.74. The lowest BCUT2D eigenvalue weighted by Gasteiger charge is -2.14. The average Bonchev–Trinajstić information content (AvgIpc) is 2.92. The molecule has 1 saturated heterocycles. The molecule has 1 aliphatic rings. The number of anilines is 1. The number of carbonyl (C=O) groups is 1. The summed E-state index contributed by atoms with van der Waals surface area (Å²) >= 11 is 0. The lowest BCUT2D eigenvalue weighted by atomic mass is 10.1. The summed E-state index contributed by atoms with van der Waals surface area (Å²) in [6, 6.07) is 7.92. The van der Waals surface area contributed by atoms with Crippen LogP contribution in [0.3, 0.4) is 0 Å². The number of rotatable bonds is 6. The van der Waals surface area contributed by atoms with E-state index >= 15 is 0 Å². The van der Waals surface area contributed by atoms with Gasteiger partial charge in [-0.3, -0.25) is 4.79 Å². The number of nitrogens with zero attached hydrogens (tertiary/aromatic N) is 1. The Kier molecular flexibility index (Phi) is 5.36. The van der Waals surface area contributed by atoms with E-state index in [1.165, 1.54) is 18.4 Å². The monoisotopic (exact) mass is 261 g/mol.